The molecule has 1 aromatic heterocycles. The summed E-state index contributed by atoms with van der Waals surface area (Å²) in [5.74, 6) is -0.00808. The molecule has 2 aromatic carbocycles. The maximum Gasteiger partial charge on any atom is 0.417 e. The number of halogens is 5. The van der Waals surface area contributed by atoms with Gasteiger partial charge in [-0.1, -0.05) is 23.2 Å². The number of benzene rings is 2. The van der Waals surface area contributed by atoms with Crippen molar-refractivity contribution in [2.75, 3.05) is 19.3 Å². The summed E-state index contributed by atoms with van der Waals surface area (Å²) in [6.07, 6.45) is -3.07. The molecule has 34 heavy (non-hydrogen) atoms. The fourth-order valence-corrected chi connectivity index (χ4v) is 4.99. The molecule has 1 atom stereocenters. The Bertz CT molecular complexity index is 1250. The van der Waals surface area contributed by atoms with Gasteiger partial charge in [-0.15, -0.1) is 0 Å². The minimum atomic E-state index is -4.63. The zero-order valence-electron chi connectivity index (χ0n) is 18.8. The molecule has 0 fully saturated rings. The molecule has 10 heteroatoms. The zero-order valence-corrected chi connectivity index (χ0v) is 20.3. The van der Waals surface area contributed by atoms with E-state index in [-0.39, 0.29) is 22.3 Å². The van der Waals surface area contributed by atoms with Crippen LogP contribution < -0.4 is 10.5 Å². The van der Waals surface area contributed by atoms with Crippen LogP contribution in [0.2, 0.25) is 10.0 Å². The van der Waals surface area contributed by atoms with Gasteiger partial charge in [0.05, 0.1) is 22.5 Å². The summed E-state index contributed by atoms with van der Waals surface area (Å²) in [4.78, 5) is 11.0. The molecule has 0 radical (unpaired) electrons. The average Bonchev–Trinajstić information content (AvgIpc) is 2.74. The second kappa shape index (κ2) is 9.24. The molecule has 1 aliphatic rings. The first-order chi connectivity index (χ1) is 16.0. The summed E-state index contributed by atoms with van der Waals surface area (Å²) in [6, 6.07) is 6.10. The highest BCUT2D eigenvalue weighted by Gasteiger charge is 2.35. The van der Waals surface area contributed by atoms with Gasteiger partial charge in [0.2, 0.25) is 0 Å². The molecule has 4 rings (SSSR count). The van der Waals surface area contributed by atoms with E-state index in [1.54, 1.807) is 6.20 Å². The normalized spacial score (nSPS) is 15.2. The summed E-state index contributed by atoms with van der Waals surface area (Å²) in [5, 5.41) is -0.479. The third-order valence-electron chi connectivity index (χ3n) is 5.94. The van der Waals surface area contributed by atoms with Crippen LogP contribution in [-0.2, 0) is 19.1 Å². The summed E-state index contributed by atoms with van der Waals surface area (Å²) >= 11 is 12.2. The number of alkyl halides is 3. The van der Waals surface area contributed by atoms with Gasteiger partial charge in [0.25, 0.3) is 5.88 Å². The minimum Gasteiger partial charge on any atom is -0.467 e. The molecule has 0 aliphatic carbocycles. The Morgan fingerprint density at radius 2 is 1.94 bits per heavy atom. The number of rotatable bonds is 4. The zero-order chi connectivity index (χ0) is 24.8. The number of hydrogen-bond donors (Lipinski definition) is 1. The van der Waals surface area contributed by atoms with E-state index in [0.717, 1.165) is 42.8 Å². The lowest BCUT2D eigenvalue weighted by Crippen LogP contribution is -2.27. The maximum absolute atomic E-state index is 13.3. The molecule has 5 nitrogen and oxygen atoms in total. The van der Waals surface area contributed by atoms with Crippen molar-refractivity contribution >= 4 is 29.0 Å². The number of nitrogens with two attached hydrogens (primary N) is 1. The lowest BCUT2D eigenvalue weighted by atomic mass is 9.92. The fourth-order valence-electron chi connectivity index (χ4n) is 4.20. The maximum atomic E-state index is 13.3. The van der Waals surface area contributed by atoms with Gasteiger partial charge in [0.1, 0.15) is 6.10 Å². The first-order valence-electron chi connectivity index (χ1n) is 10.6. The van der Waals surface area contributed by atoms with Crippen LogP contribution >= 0.6 is 23.2 Å². The quantitative estimate of drug-likeness (QED) is 0.434. The Hall–Kier alpha value is -2.55. The molecule has 0 amide bonds. The van der Waals surface area contributed by atoms with E-state index in [1.807, 2.05) is 6.07 Å². The van der Waals surface area contributed by atoms with Crippen LogP contribution in [0, 0.1) is 6.92 Å². The van der Waals surface area contributed by atoms with Crippen molar-refractivity contribution in [3.8, 4) is 17.1 Å². The third-order valence-corrected chi connectivity index (χ3v) is 6.68. The molecule has 0 spiro atoms. The summed E-state index contributed by atoms with van der Waals surface area (Å²) in [6.45, 7) is 5.43. The highest BCUT2D eigenvalue weighted by Crippen LogP contribution is 2.42. The Balaban J connectivity index is 1.69. The second-order valence-electron chi connectivity index (χ2n) is 8.44. The number of likely N-dealkylation sites (N-methyl/N-ethyl adjacent to an activating group) is 1. The molecule has 180 valence electrons. The predicted octanol–water partition coefficient (Wildman–Crippen LogP) is 6.49. The first-order valence-corrected chi connectivity index (χ1v) is 11.4. The molecule has 0 saturated heterocycles. The van der Waals surface area contributed by atoms with Crippen molar-refractivity contribution in [3.05, 3.63) is 68.3 Å². The number of fused-ring (bicyclic) bond motifs is 1. The molecule has 2 heterocycles. The molecule has 0 bridgehead atoms. The number of hydrogen-bond acceptors (Lipinski definition) is 5. The van der Waals surface area contributed by atoms with Crippen LogP contribution in [0.4, 0.5) is 19.0 Å². The lowest BCUT2D eigenvalue weighted by Gasteiger charge is -2.27. The van der Waals surface area contributed by atoms with Crippen LogP contribution in [-0.4, -0.2) is 28.5 Å². The van der Waals surface area contributed by atoms with E-state index in [0.29, 0.717) is 5.69 Å². The van der Waals surface area contributed by atoms with Crippen molar-refractivity contribution in [1.82, 2.24) is 14.9 Å². The standard InChI is InChI=1S/C24H23Cl2F3N4O/c1-12-8-14(9-15-11-33(3)7-6-16(12)15)19-10-31-22(30)23(32-19)34-13(2)20-18(25)5-4-17(21(20)26)24(27,28)29/h4-5,8-10,13H,6-7,11H2,1-3H3,(H2,30,31). The van der Waals surface area contributed by atoms with E-state index in [4.69, 9.17) is 33.7 Å². The van der Waals surface area contributed by atoms with E-state index in [1.165, 1.54) is 18.1 Å². The van der Waals surface area contributed by atoms with E-state index in [2.05, 4.69) is 34.9 Å². The fraction of sp³-hybridized carbons (Fsp3) is 0.333. The summed E-state index contributed by atoms with van der Waals surface area (Å²) < 4.78 is 45.8. The number of nitrogen functional groups attached to an aromatic ring is 1. The Labute approximate surface area is 205 Å². The molecular formula is C24H23Cl2F3N4O. The summed E-state index contributed by atoms with van der Waals surface area (Å²) in [5.41, 5.74) is 10.1. The van der Waals surface area contributed by atoms with Crippen molar-refractivity contribution in [2.24, 2.45) is 0 Å². The van der Waals surface area contributed by atoms with Crippen molar-refractivity contribution in [1.29, 1.82) is 0 Å². The van der Waals surface area contributed by atoms with Gasteiger partial charge >= 0.3 is 6.18 Å². The topological polar surface area (TPSA) is 64.3 Å². The highest BCUT2D eigenvalue weighted by atomic mass is 35.5. The molecule has 1 aliphatic heterocycles. The van der Waals surface area contributed by atoms with Crippen molar-refractivity contribution in [2.45, 2.75) is 39.1 Å². The highest BCUT2D eigenvalue weighted by molar-refractivity contribution is 6.36. The number of aryl methyl sites for hydroxylation is 1. The monoisotopic (exact) mass is 510 g/mol. The number of ether oxygens (including phenoxy) is 1. The third kappa shape index (κ3) is 4.80. The molecule has 1 unspecified atom stereocenters. The second-order valence-corrected chi connectivity index (χ2v) is 9.23. The molecule has 3 aromatic rings. The number of anilines is 1. The first kappa shape index (κ1) is 24.6. The largest absolute Gasteiger partial charge is 0.467 e. The Kier molecular flexibility index (Phi) is 6.68. The van der Waals surface area contributed by atoms with Gasteiger partial charge in [-0.3, -0.25) is 0 Å². The Morgan fingerprint density at radius 1 is 1.21 bits per heavy atom. The minimum absolute atomic E-state index is 0.00239. The van der Waals surface area contributed by atoms with Crippen LogP contribution in [0.1, 0.15) is 40.8 Å². The van der Waals surface area contributed by atoms with Gasteiger partial charge in [-0.25, -0.2) is 9.97 Å². The number of aromatic nitrogens is 2. The summed E-state index contributed by atoms with van der Waals surface area (Å²) in [7, 11) is 2.07. The van der Waals surface area contributed by atoms with E-state index >= 15 is 0 Å². The predicted molar refractivity (Wildman–Crippen MR) is 127 cm³/mol. The average molecular weight is 511 g/mol. The van der Waals surface area contributed by atoms with Crippen molar-refractivity contribution in [3.63, 3.8) is 0 Å². The number of nitrogens with zero attached hydrogens (tertiary/aromatic N) is 3. The SMILES string of the molecule is Cc1cc(-c2cnc(N)c(OC(C)c3c(Cl)ccc(C(F)(F)F)c3Cl)n2)cc2c1CCN(C)C2. The van der Waals surface area contributed by atoms with Gasteiger partial charge in [0, 0.05) is 29.2 Å². The van der Waals surface area contributed by atoms with Crippen molar-refractivity contribution < 1.29 is 17.9 Å². The van der Waals surface area contributed by atoms with Crippen LogP contribution in [0.3, 0.4) is 0 Å². The van der Waals surface area contributed by atoms with Gasteiger partial charge < -0.3 is 15.4 Å². The van der Waals surface area contributed by atoms with E-state index < -0.39 is 22.9 Å². The molecular weight excluding hydrogens is 488 g/mol. The van der Waals surface area contributed by atoms with Gasteiger partial charge in [0.15, 0.2) is 5.82 Å². The van der Waals surface area contributed by atoms with Gasteiger partial charge in [-0.05, 0) is 68.3 Å². The van der Waals surface area contributed by atoms with Crippen LogP contribution in [0.25, 0.3) is 11.3 Å². The molecule has 0 saturated carbocycles. The smallest absolute Gasteiger partial charge is 0.417 e. The van der Waals surface area contributed by atoms with Gasteiger partial charge in [-0.2, -0.15) is 13.2 Å². The molecule has 2 N–H and O–H groups in total. The van der Waals surface area contributed by atoms with Crippen LogP contribution in [0.5, 0.6) is 5.88 Å². The Morgan fingerprint density at radius 3 is 2.65 bits per heavy atom. The lowest BCUT2D eigenvalue weighted by molar-refractivity contribution is -0.137. The van der Waals surface area contributed by atoms with E-state index in [9.17, 15) is 13.2 Å². The van der Waals surface area contributed by atoms with Crippen LogP contribution in [0.15, 0.2) is 30.5 Å².